The lowest BCUT2D eigenvalue weighted by Gasteiger charge is -2.16. The third-order valence-corrected chi connectivity index (χ3v) is 3.36. The van der Waals surface area contributed by atoms with Crippen LogP contribution in [0.3, 0.4) is 0 Å². The van der Waals surface area contributed by atoms with Crippen molar-refractivity contribution in [2.45, 2.75) is 18.3 Å². The maximum absolute atomic E-state index is 13.9. The molecule has 0 saturated heterocycles. The van der Waals surface area contributed by atoms with E-state index in [-0.39, 0.29) is 12.2 Å². The summed E-state index contributed by atoms with van der Waals surface area (Å²) in [5.41, 5.74) is 5.67. The van der Waals surface area contributed by atoms with Crippen molar-refractivity contribution < 1.29 is 19.0 Å². The van der Waals surface area contributed by atoms with Crippen molar-refractivity contribution in [1.29, 1.82) is 0 Å². The smallest absolute Gasteiger partial charge is 0.231 e. The second-order valence-electron chi connectivity index (χ2n) is 4.30. The molecule has 0 radical (unpaired) electrons. The zero-order valence-corrected chi connectivity index (χ0v) is 8.62. The molecule has 3 rings (SSSR count). The molecule has 1 aliphatic heterocycles. The lowest BCUT2D eigenvalue weighted by atomic mass is 9.93. The number of aromatic hydroxyl groups is 1. The fourth-order valence-corrected chi connectivity index (χ4v) is 2.19. The number of rotatable bonds is 2. The number of halogens is 1. The molecule has 0 spiro atoms. The number of hydrogen-bond acceptors (Lipinski definition) is 4. The highest BCUT2D eigenvalue weighted by molar-refractivity contribution is 5.58. The minimum absolute atomic E-state index is 0.0614. The zero-order valence-electron chi connectivity index (χ0n) is 8.62. The number of ether oxygens (including phenoxy) is 2. The Labute approximate surface area is 91.8 Å². The van der Waals surface area contributed by atoms with Crippen molar-refractivity contribution in [2.24, 2.45) is 5.73 Å². The van der Waals surface area contributed by atoms with Gasteiger partial charge < -0.3 is 20.3 Å². The molecule has 4 nitrogen and oxygen atoms in total. The molecule has 0 bridgehead atoms. The first kappa shape index (κ1) is 9.72. The first-order valence-electron chi connectivity index (χ1n) is 5.19. The van der Waals surface area contributed by atoms with Gasteiger partial charge >= 0.3 is 0 Å². The van der Waals surface area contributed by atoms with E-state index >= 15 is 0 Å². The Morgan fingerprint density at radius 1 is 1.44 bits per heavy atom. The van der Waals surface area contributed by atoms with E-state index in [1.165, 1.54) is 6.07 Å². The summed E-state index contributed by atoms with van der Waals surface area (Å²) in [5, 5.41) is 9.50. The van der Waals surface area contributed by atoms with Gasteiger partial charge in [-0.05, 0) is 12.8 Å². The molecule has 1 aliphatic carbocycles. The van der Waals surface area contributed by atoms with Crippen molar-refractivity contribution in [2.75, 3.05) is 13.3 Å². The Balaban J connectivity index is 2.23. The molecule has 86 valence electrons. The Bertz CT molecular complexity index is 457. The second kappa shape index (κ2) is 3.01. The van der Waals surface area contributed by atoms with Crippen LogP contribution in [-0.4, -0.2) is 18.4 Å². The molecule has 1 heterocycles. The number of phenolic OH excluding ortho intramolecular Hbond substituents is 1. The van der Waals surface area contributed by atoms with E-state index in [1.54, 1.807) is 0 Å². The molecule has 0 amide bonds. The van der Waals surface area contributed by atoms with Crippen LogP contribution in [0.2, 0.25) is 0 Å². The summed E-state index contributed by atoms with van der Waals surface area (Å²) in [6.45, 7) is 0.412. The van der Waals surface area contributed by atoms with Gasteiger partial charge in [0, 0.05) is 23.6 Å². The topological polar surface area (TPSA) is 64.7 Å². The molecular formula is C11H12FNO3. The van der Waals surface area contributed by atoms with E-state index in [2.05, 4.69) is 0 Å². The molecule has 1 saturated carbocycles. The van der Waals surface area contributed by atoms with E-state index in [0.29, 0.717) is 23.6 Å². The van der Waals surface area contributed by atoms with E-state index < -0.39 is 11.6 Å². The first-order valence-corrected chi connectivity index (χ1v) is 5.19. The average Bonchev–Trinajstić information content (AvgIpc) is 2.93. The SMILES string of the molecule is NCC1(c2c(F)c(O)cc3c2OCO3)CC1. The summed E-state index contributed by atoms with van der Waals surface area (Å²) < 4.78 is 24.4. The highest BCUT2D eigenvalue weighted by Crippen LogP contribution is 2.56. The fraction of sp³-hybridized carbons (Fsp3) is 0.455. The van der Waals surface area contributed by atoms with Crippen LogP contribution in [0.15, 0.2) is 6.07 Å². The van der Waals surface area contributed by atoms with Gasteiger partial charge in [-0.15, -0.1) is 0 Å². The van der Waals surface area contributed by atoms with Crippen molar-refractivity contribution in [3.05, 3.63) is 17.4 Å². The molecule has 1 aromatic rings. The van der Waals surface area contributed by atoms with Crippen molar-refractivity contribution in [3.63, 3.8) is 0 Å². The van der Waals surface area contributed by atoms with Crippen molar-refractivity contribution >= 4 is 0 Å². The Morgan fingerprint density at radius 3 is 2.81 bits per heavy atom. The Kier molecular flexibility index (Phi) is 1.83. The van der Waals surface area contributed by atoms with Crippen LogP contribution in [0.4, 0.5) is 4.39 Å². The van der Waals surface area contributed by atoms with E-state index in [0.717, 1.165) is 12.8 Å². The van der Waals surface area contributed by atoms with E-state index in [9.17, 15) is 9.50 Å². The van der Waals surface area contributed by atoms with Crippen molar-refractivity contribution in [1.82, 2.24) is 0 Å². The van der Waals surface area contributed by atoms with Gasteiger partial charge in [-0.25, -0.2) is 4.39 Å². The Hall–Kier alpha value is -1.49. The third-order valence-electron chi connectivity index (χ3n) is 3.36. The summed E-state index contributed by atoms with van der Waals surface area (Å²) in [6, 6.07) is 1.24. The van der Waals surface area contributed by atoms with Crippen LogP contribution >= 0.6 is 0 Å². The summed E-state index contributed by atoms with van der Waals surface area (Å²) in [5.74, 6) is -0.238. The molecule has 2 aliphatic rings. The summed E-state index contributed by atoms with van der Waals surface area (Å²) in [6.07, 6.45) is 1.64. The van der Waals surface area contributed by atoms with Crippen LogP contribution < -0.4 is 15.2 Å². The predicted octanol–water partition coefficient (Wildman–Crippen LogP) is 1.25. The number of phenols is 1. The van der Waals surface area contributed by atoms with Crippen LogP contribution in [0.5, 0.6) is 17.2 Å². The molecule has 1 aromatic carbocycles. The highest BCUT2D eigenvalue weighted by Gasteiger charge is 2.49. The lowest BCUT2D eigenvalue weighted by molar-refractivity contribution is 0.172. The first-order chi connectivity index (χ1) is 7.68. The summed E-state index contributed by atoms with van der Waals surface area (Å²) in [7, 11) is 0. The van der Waals surface area contributed by atoms with Gasteiger partial charge in [0.15, 0.2) is 23.1 Å². The minimum Gasteiger partial charge on any atom is -0.505 e. The van der Waals surface area contributed by atoms with Gasteiger partial charge in [-0.1, -0.05) is 0 Å². The maximum atomic E-state index is 13.9. The Morgan fingerprint density at radius 2 is 2.19 bits per heavy atom. The second-order valence-corrected chi connectivity index (χ2v) is 4.30. The standard InChI is InChI=1S/C11H12FNO3/c12-9-6(14)3-7-10(16-5-15-7)8(9)11(4-13)1-2-11/h3,14H,1-2,4-5,13H2. The molecule has 3 N–H and O–H groups in total. The molecule has 0 atom stereocenters. The predicted molar refractivity (Wildman–Crippen MR) is 54.2 cm³/mol. The maximum Gasteiger partial charge on any atom is 0.231 e. The van der Waals surface area contributed by atoms with Gasteiger partial charge in [0.1, 0.15) is 0 Å². The quantitative estimate of drug-likeness (QED) is 0.795. The van der Waals surface area contributed by atoms with Crippen LogP contribution in [0.1, 0.15) is 18.4 Å². The van der Waals surface area contributed by atoms with Gasteiger partial charge in [0.25, 0.3) is 0 Å². The van der Waals surface area contributed by atoms with Crippen molar-refractivity contribution in [3.8, 4) is 17.2 Å². The van der Waals surface area contributed by atoms with Gasteiger partial charge in [0.05, 0.1) is 0 Å². The molecule has 5 heteroatoms. The molecule has 0 aromatic heterocycles. The molecule has 1 fully saturated rings. The largest absolute Gasteiger partial charge is 0.505 e. The normalized spacial score (nSPS) is 19.9. The average molecular weight is 225 g/mol. The van der Waals surface area contributed by atoms with Crippen LogP contribution in [0.25, 0.3) is 0 Å². The summed E-state index contributed by atoms with van der Waals surface area (Å²) >= 11 is 0. The summed E-state index contributed by atoms with van der Waals surface area (Å²) in [4.78, 5) is 0. The molecular weight excluding hydrogens is 213 g/mol. The zero-order chi connectivity index (χ0) is 11.3. The van der Waals surface area contributed by atoms with Crippen LogP contribution in [0, 0.1) is 5.82 Å². The minimum atomic E-state index is -0.632. The number of fused-ring (bicyclic) bond motifs is 1. The van der Waals surface area contributed by atoms with E-state index in [1.807, 2.05) is 0 Å². The number of benzene rings is 1. The lowest BCUT2D eigenvalue weighted by Crippen LogP contribution is -2.21. The highest BCUT2D eigenvalue weighted by atomic mass is 19.1. The monoisotopic (exact) mass is 225 g/mol. The fourth-order valence-electron chi connectivity index (χ4n) is 2.19. The van der Waals surface area contributed by atoms with Gasteiger partial charge in [0.2, 0.25) is 6.79 Å². The third kappa shape index (κ3) is 1.12. The molecule has 0 unspecified atom stereocenters. The van der Waals surface area contributed by atoms with Gasteiger partial charge in [-0.3, -0.25) is 0 Å². The van der Waals surface area contributed by atoms with E-state index in [4.69, 9.17) is 15.2 Å². The number of nitrogens with two attached hydrogens (primary N) is 1. The number of hydrogen-bond donors (Lipinski definition) is 2. The van der Waals surface area contributed by atoms with Crippen LogP contribution in [-0.2, 0) is 5.41 Å². The van der Waals surface area contributed by atoms with Gasteiger partial charge in [-0.2, -0.15) is 0 Å². The molecule has 16 heavy (non-hydrogen) atoms.